The summed E-state index contributed by atoms with van der Waals surface area (Å²) in [7, 11) is 0. The van der Waals surface area contributed by atoms with Crippen LogP contribution < -0.4 is 9.47 Å². The van der Waals surface area contributed by atoms with Crippen LogP contribution in [0.4, 0.5) is 0 Å². The highest BCUT2D eigenvalue weighted by atomic mass is 35.5. The maximum absolute atomic E-state index is 12.3. The standard InChI is InChI=1S/C16H13ClO3/c17-13-3-1-2-11(8-13)9-14(18)12-4-5-15-16(10-12)20-7-6-19-15/h1-5,8,10H,6-7,9H2. The molecule has 0 N–H and O–H groups in total. The summed E-state index contributed by atoms with van der Waals surface area (Å²) in [5.74, 6) is 1.35. The average Bonchev–Trinajstić information content (AvgIpc) is 2.47. The Kier molecular flexibility index (Phi) is 3.61. The van der Waals surface area contributed by atoms with E-state index in [0.29, 0.717) is 41.7 Å². The largest absolute Gasteiger partial charge is 0.486 e. The van der Waals surface area contributed by atoms with Crippen molar-refractivity contribution in [1.82, 2.24) is 0 Å². The number of rotatable bonds is 3. The summed E-state index contributed by atoms with van der Waals surface area (Å²) in [5.41, 5.74) is 1.52. The fourth-order valence-corrected chi connectivity index (χ4v) is 2.36. The van der Waals surface area contributed by atoms with E-state index in [1.165, 1.54) is 0 Å². The number of benzene rings is 2. The minimum absolute atomic E-state index is 0.0317. The van der Waals surface area contributed by atoms with Crippen molar-refractivity contribution < 1.29 is 14.3 Å². The molecule has 1 aliphatic heterocycles. The Bertz CT molecular complexity index is 652. The van der Waals surface area contributed by atoms with Gasteiger partial charge in [-0.3, -0.25) is 4.79 Å². The molecule has 0 unspecified atom stereocenters. The molecule has 0 amide bonds. The topological polar surface area (TPSA) is 35.5 Å². The molecular formula is C16H13ClO3. The zero-order valence-corrected chi connectivity index (χ0v) is 11.5. The minimum atomic E-state index is 0.0317. The zero-order chi connectivity index (χ0) is 13.9. The Morgan fingerprint density at radius 3 is 2.65 bits per heavy atom. The molecule has 0 fully saturated rings. The molecule has 2 aromatic rings. The highest BCUT2D eigenvalue weighted by Gasteiger charge is 2.15. The molecule has 0 atom stereocenters. The van der Waals surface area contributed by atoms with E-state index in [0.717, 1.165) is 5.56 Å². The van der Waals surface area contributed by atoms with Gasteiger partial charge in [0.2, 0.25) is 0 Å². The molecule has 20 heavy (non-hydrogen) atoms. The van der Waals surface area contributed by atoms with Crippen LogP contribution >= 0.6 is 11.6 Å². The van der Waals surface area contributed by atoms with Crippen molar-refractivity contribution >= 4 is 17.4 Å². The first-order valence-corrected chi connectivity index (χ1v) is 6.77. The average molecular weight is 289 g/mol. The third-order valence-electron chi connectivity index (χ3n) is 3.12. The monoisotopic (exact) mass is 288 g/mol. The van der Waals surface area contributed by atoms with Crippen molar-refractivity contribution in [1.29, 1.82) is 0 Å². The first kappa shape index (κ1) is 13.0. The number of fused-ring (bicyclic) bond motifs is 1. The van der Waals surface area contributed by atoms with E-state index in [9.17, 15) is 4.79 Å². The second-order valence-corrected chi connectivity index (χ2v) is 5.02. The van der Waals surface area contributed by atoms with Crippen molar-refractivity contribution in [3.05, 3.63) is 58.6 Å². The first-order chi connectivity index (χ1) is 9.72. The maximum Gasteiger partial charge on any atom is 0.167 e. The lowest BCUT2D eigenvalue weighted by Gasteiger charge is -2.18. The van der Waals surface area contributed by atoms with Crippen LogP contribution in [0.1, 0.15) is 15.9 Å². The number of carbonyl (C=O) groups excluding carboxylic acids is 1. The van der Waals surface area contributed by atoms with Gasteiger partial charge in [-0.2, -0.15) is 0 Å². The smallest absolute Gasteiger partial charge is 0.167 e. The molecule has 2 aromatic carbocycles. The van der Waals surface area contributed by atoms with Crippen molar-refractivity contribution in [3.63, 3.8) is 0 Å². The van der Waals surface area contributed by atoms with E-state index in [1.807, 2.05) is 12.1 Å². The van der Waals surface area contributed by atoms with Gasteiger partial charge in [-0.15, -0.1) is 0 Å². The maximum atomic E-state index is 12.3. The third-order valence-corrected chi connectivity index (χ3v) is 3.35. The lowest BCUT2D eigenvalue weighted by atomic mass is 10.0. The predicted octanol–water partition coefficient (Wildman–Crippen LogP) is 3.54. The minimum Gasteiger partial charge on any atom is -0.486 e. The lowest BCUT2D eigenvalue weighted by Crippen LogP contribution is -2.16. The van der Waals surface area contributed by atoms with Gasteiger partial charge in [0.15, 0.2) is 17.3 Å². The summed E-state index contributed by atoms with van der Waals surface area (Å²) in [6.07, 6.45) is 0.320. The molecule has 0 radical (unpaired) electrons. The van der Waals surface area contributed by atoms with Crippen LogP contribution in [0.25, 0.3) is 0 Å². The van der Waals surface area contributed by atoms with Crippen LogP contribution in [0.15, 0.2) is 42.5 Å². The Labute approximate surface area is 122 Å². The summed E-state index contributed by atoms with van der Waals surface area (Å²) in [6, 6.07) is 12.6. The third kappa shape index (κ3) is 2.78. The Balaban J connectivity index is 1.80. The highest BCUT2D eigenvalue weighted by Crippen LogP contribution is 2.31. The molecule has 102 valence electrons. The molecule has 3 nitrogen and oxygen atoms in total. The van der Waals surface area contributed by atoms with E-state index in [1.54, 1.807) is 30.3 Å². The highest BCUT2D eigenvalue weighted by molar-refractivity contribution is 6.30. The van der Waals surface area contributed by atoms with Gasteiger partial charge >= 0.3 is 0 Å². The van der Waals surface area contributed by atoms with Crippen LogP contribution in [0.3, 0.4) is 0 Å². The SMILES string of the molecule is O=C(Cc1cccc(Cl)c1)c1ccc2c(c1)OCCO2. The van der Waals surface area contributed by atoms with Gasteiger partial charge in [0.1, 0.15) is 13.2 Å². The van der Waals surface area contributed by atoms with Crippen LogP contribution in [-0.4, -0.2) is 19.0 Å². The van der Waals surface area contributed by atoms with Gasteiger partial charge in [0, 0.05) is 17.0 Å². The van der Waals surface area contributed by atoms with Crippen molar-refractivity contribution in [3.8, 4) is 11.5 Å². The summed E-state index contributed by atoms with van der Waals surface area (Å²) < 4.78 is 10.9. The van der Waals surface area contributed by atoms with Gasteiger partial charge in [0.25, 0.3) is 0 Å². The molecule has 4 heteroatoms. The van der Waals surface area contributed by atoms with E-state index in [2.05, 4.69) is 0 Å². The molecule has 0 spiro atoms. The molecule has 0 aromatic heterocycles. The number of Topliss-reactive ketones (excluding diaryl/α,β-unsaturated/α-hetero) is 1. The van der Waals surface area contributed by atoms with Crippen molar-refractivity contribution in [2.75, 3.05) is 13.2 Å². The summed E-state index contributed by atoms with van der Waals surface area (Å²) in [6.45, 7) is 1.06. The molecule has 3 rings (SSSR count). The van der Waals surface area contributed by atoms with Crippen molar-refractivity contribution in [2.45, 2.75) is 6.42 Å². The van der Waals surface area contributed by atoms with Gasteiger partial charge < -0.3 is 9.47 Å². The Morgan fingerprint density at radius 1 is 1.05 bits per heavy atom. The van der Waals surface area contributed by atoms with E-state index >= 15 is 0 Å². The molecule has 0 bridgehead atoms. The summed E-state index contributed by atoms with van der Waals surface area (Å²) in [5, 5.41) is 0.637. The van der Waals surface area contributed by atoms with Crippen LogP contribution in [0.5, 0.6) is 11.5 Å². The molecule has 1 heterocycles. The first-order valence-electron chi connectivity index (χ1n) is 6.40. The lowest BCUT2D eigenvalue weighted by molar-refractivity contribution is 0.0991. The summed E-state index contributed by atoms with van der Waals surface area (Å²) >= 11 is 5.92. The number of ether oxygens (including phenoxy) is 2. The van der Waals surface area contributed by atoms with Gasteiger partial charge in [-0.1, -0.05) is 23.7 Å². The zero-order valence-electron chi connectivity index (χ0n) is 10.8. The summed E-state index contributed by atoms with van der Waals surface area (Å²) in [4.78, 5) is 12.3. The van der Waals surface area contributed by atoms with E-state index < -0.39 is 0 Å². The fraction of sp³-hybridized carbons (Fsp3) is 0.188. The van der Waals surface area contributed by atoms with Gasteiger partial charge in [-0.25, -0.2) is 0 Å². The second-order valence-electron chi connectivity index (χ2n) is 4.59. The number of carbonyl (C=O) groups is 1. The Morgan fingerprint density at radius 2 is 1.85 bits per heavy atom. The van der Waals surface area contributed by atoms with Gasteiger partial charge in [0.05, 0.1) is 0 Å². The normalized spacial score (nSPS) is 13.1. The number of ketones is 1. The Hall–Kier alpha value is -2.00. The molecule has 0 aliphatic carbocycles. The van der Waals surface area contributed by atoms with Crippen LogP contribution in [0.2, 0.25) is 5.02 Å². The fourth-order valence-electron chi connectivity index (χ4n) is 2.15. The van der Waals surface area contributed by atoms with E-state index in [-0.39, 0.29) is 5.78 Å². The van der Waals surface area contributed by atoms with E-state index in [4.69, 9.17) is 21.1 Å². The molecular weight excluding hydrogens is 276 g/mol. The van der Waals surface area contributed by atoms with Crippen LogP contribution in [0, 0.1) is 0 Å². The predicted molar refractivity (Wildman–Crippen MR) is 76.9 cm³/mol. The van der Waals surface area contributed by atoms with Crippen molar-refractivity contribution in [2.24, 2.45) is 0 Å². The van der Waals surface area contributed by atoms with Crippen LogP contribution in [-0.2, 0) is 6.42 Å². The number of hydrogen-bond acceptors (Lipinski definition) is 3. The number of hydrogen-bond donors (Lipinski definition) is 0. The molecule has 0 saturated heterocycles. The number of halogens is 1. The second kappa shape index (κ2) is 5.55. The molecule has 1 aliphatic rings. The quantitative estimate of drug-likeness (QED) is 0.811. The molecule has 0 saturated carbocycles. The van der Waals surface area contributed by atoms with Gasteiger partial charge in [-0.05, 0) is 35.9 Å².